The van der Waals surface area contributed by atoms with Crippen molar-refractivity contribution in [1.82, 2.24) is 0 Å². The topological polar surface area (TPSA) is 26.3 Å². The van der Waals surface area contributed by atoms with E-state index < -0.39 is 29.2 Å². The molecule has 0 unspecified atom stereocenters. The Morgan fingerprint density at radius 1 is 1.13 bits per heavy atom. The van der Waals surface area contributed by atoms with Gasteiger partial charge in [0.1, 0.15) is 0 Å². The van der Waals surface area contributed by atoms with E-state index in [0.29, 0.717) is 0 Å². The molecule has 0 fully saturated rings. The van der Waals surface area contributed by atoms with E-state index in [1.807, 2.05) is 0 Å². The largest absolute Gasteiger partial charge is 0.463 e. The number of benzene rings is 1. The van der Waals surface area contributed by atoms with Crippen molar-refractivity contribution in [2.24, 2.45) is 0 Å². The summed E-state index contributed by atoms with van der Waals surface area (Å²) >= 11 is 0. The fraction of sp³-hybridized carbons (Fsp3) is 0.312. The Balaban J connectivity index is 3.43. The number of rotatable bonds is 3. The second-order valence-electron chi connectivity index (χ2n) is 4.41. The third kappa shape index (κ3) is 4.55. The summed E-state index contributed by atoms with van der Waals surface area (Å²) in [6, 6.07) is 7.61. The number of carbonyl (C=O) groups is 1. The summed E-state index contributed by atoms with van der Waals surface area (Å²) in [5.41, 5.74) is -2.26. The average molecular weight is 332 g/mol. The molecule has 0 N–H and O–H groups in total. The number of halogens is 5. The Hall–Kier alpha value is -2.36. The Bertz CT molecular complexity index is 649. The number of allylic oxidation sites excluding steroid dienone is 1. The van der Waals surface area contributed by atoms with Crippen LogP contribution in [-0.4, -0.2) is 24.7 Å². The summed E-state index contributed by atoms with van der Waals surface area (Å²) in [4.78, 5) is 11.5. The van der Waals surface area contributed by atoms with E-state index in [-0.39, 0.29) is 12.2 Å². The van der Waals surface area contributed by atoms with Crippen LogP contribution in [0.3, 0.4) is 0 Å². The van der Waals surface area contributed by atoms with Gasteiger partial charge in [0.25, 0.3) is 0 Å². The van der Waals surface area contributed by atoms with E-state index in [1.54, 1.807) is 24.1 Å². The highest BCUT2D eigenvalue weighted by atomic mass is 19.4. The molecular formula is C16H13F5O2. The fourth-order valence-electron chi connectivity index (χ4n) is 1.55. The van der Waals surface area contributed by atoms with Gasteiger partial charge in [0.05, 0.1) is 17.8 Å². The molecule has 1 aromatic rings. The van der Waals surface area contributed by atoms with Gasteiger partial charge in [-0.05, 0) is 26.0 Å². The zero-order valence-electron chi connectivity index (χ0n) is 12.3. The summed E-state index contributed by atoms with van der Waals surface area (Å²) in [5.74, 6) is -2.54. The lowest BCUT2D eigenvalue weighted by molar-refractivity contribution is -0.262. The van der Waals surface area contributed by atoms with Crippen molar-refractivity contribution in [2.75, 3.05) is 6.61 Å². The molecule has 124 valence electrons. The first kappa shape index (κ1) is 18.7. The summed E-state index contributed by atoms with van der Waals surface area (Å²) in [6.45, 7) is 2.07. The number of esters is 1. The van der Waals surface area contributed by atoms with Crippen LogP contribution in [0.25, 0.3) is 0 Å². The molecule has 1 rings (SSSR count). The predicted molar refractivity (Wildman–Crippen MR) is 73.7 cm³/mol. The highest BCUT2D eigenvalue weighted by molar-refractivity contribution is 5.90. The van der Waals surface area contributed by atoms with Crippen molar-refractivity contribution in [1.29, 1.82) is 0 Å². The van der Waals surface area contributed by atoms with Gasteiger partial charge in [0, 0.05) is 5.56 Å². The second kappa shape index (κ2) is 7.27. The molecule has 0 bridgehead atoms. The Morgan fingerprint density at radius 3 is 2.17 bits per heavy atom. The van der Waals surface area contributed by atoms with E-state index in [4.69, 9.17) is 0 Å². The molecule has 0 aliphatic carbocycles. The zero-order valence-corrected chi connectivity index (χ0v) is 12.3. The summed E-state index contributed by atoms with van der Waals surface area (Å²) < 4.78 is 69.6. The summed E-state index contributed by atoms with van der Waals surface area (Å²) in [7, 11) is 0. The van der Waals surface area contributed by atoms with Gasteiger partial charge in [0.2, 0.25) is 0 Å². The van der Waals surface area contributed by atoms with Crippen molar-refractivity contribution >= 4 is 5.97 Å². The third-order valence-electron chi connectivity index (χ3n) is 2.73. The lowest BCUT2D eigenvalue weighted by Crippen LogP contribution is -2.39. The van der Waals surface area contributed by atoms with Gasteiger partial charge in [-0.25, -0.2) is 4.79 Å². The van der Waals surface area contributed by atoms with Crippen LogP contribution in [0.5, 0.6) is 0 Å². The smallest absolute Gasteiger partial charge is 0.458 e. The molecule has 0 atom stereocenters. The fourth-order valence-corrected chi connectivity index (χ4v) is 1.55. The van der Waals surface area contributed by atoms with Gasteiger partial charge in [0.15, 0.2) is 0 Å². The van der Waals surface area contributed by atoms with E-state index >= 15 is 0 Å². The highest BCUT2D eigenvalue weighted by Crippen LogP contribution is 2.42. The molecule has 0 aliphatic rings. The van der Waals surface area contributed by atoms with Crippen LogP contribution in [0.15, 0.2) is 41.5 Å². The van der Waals surface area contributed by atoms with Crippen LogP contribution in [-0.2, 0) is 9.53 Å². The van der Waals surface area contributed by atoms with E-state index in [1.165, 1.54) is 19.1 Å². The van der Waals surface area contributed by atoms with E-state index in [9.17, 15) is 26.7 Å². The van der Waals surface area contributed by atoms with Crippen LogP contribution in [0.4, 0.5) is 22.0 Å². The Labute approximate surface area is 129 Å². The Morgan fingerprint density at radius 2 is 1.70 bits per heavy atom. The molecule has 2 nitrogen and oxygen atoms in total. The molecule has 1 aromatic carbocycles. The number of carbonyl (C=O) groups excluding carboxylic acids is 1. The van der Waals surface area contributed by atoms with Crippen molar-refractivity contribution in [3.63, 3.8) is 0 Å². The summed E-state index contributed by atoms with van der Waals surface area (Å²) in [5, 5.41) is 0. The molecule has 0 aliphatic heterocycles. The van der Waals surface area contributed by atoms with Crippen LogP contribution in [0, 0.1) is 11.8 Å². The van der Waals surface area contributed by atoms with Gasteiger partial charge in [-0.1, -0.05) is 30.0 Å². The van der Waals surface area contributed by atoms with Crippen molar-refractivity contribution in [2.45, 2.75) is 25.9 Å². The maximum absolute atomic E-state index is 13.7. The molecule has 0 amide bonds. The molecule has 0 saturated carbocycles. The molecule has 7 heteroatoms. The SMILES string of the molecule is CCOC(=O)/C(C)=C(/C#Cc1ccccc1)C(F)(F)C(F)(F)F. The van der Waals surface area contributed by atoms with Crippen LogP contribution < -0.4 is 0 Å². The Kier molecular flexibility index (Phi) is 5.91. The first-order chi connectivity index (χ1) is 10.6. The number of ether oxygens (including phenoxy) is 1. The number of hydrogen-bond acceptors (Lipinski definition) is 2. The van der Waals surface area contributed by atoms with Crippen LogP contribution >= 0.6 is 0 Å². The van der Waals surface area contributed by atoms with Crippen molar-refractivity contribution in [3.8, 4) is 11.8 Å². The third-order valence-corrected chi connectivity index (χ3v) is 2.73. The van der Waals surface area contributed by atoms with E-state index in [2.05, 4.69) is 10.7 Å². The minimum absolute atomic E-state index is 0.160. The molecule has 0 radical (unpaired) electrons. The predicted octanol–water partition coefficient (Wildman–Crippen LogP) is 4.12. The van der Waals surface area contributed by atoms with Gasteiger partial charge in [-0.15, -0.1) is 0 Å². The van der Waals surface area contributed by atoms with Gasteiger partial charge < -0.3 is 4.74 Å². The van der Waals surface area contributed by atoms with Gasteiger partial charge >= 0.3 is 18.1 Å². The molecular weight excluding hydrogens is 319 g/mol. The number of alkyl halides is 5. The average Bonchev–Trinajstić information content (AvgIpc) is 2.47. The molecule has 0 spiro atoms. The minimum atomic E-state index is -5.87. The van der Waals surface area contributed by atoms with Gasteiger partial charge in [-0.3, -0.25) is 0 Å². The normalized spacial score (nSPS) is 12.8. The maximum atomic E-state index is 13.7. The second-order valence-corrected chi connectivity index (χ2v) is 4.41. The van der Waals surface area contributed by atoms with E-state index in [0.717, 1.165) is 6.92 Å². The molecule has 0 aromatic heterocycles. The molecule has 0 saturated heterocycles. The van der Waals surface area contributed by atoms with Crippen molar-refractivity contribution < 1.29 is 31.5 Å². The molecule has 23 heavy (non-hydrogen) atoms. The highest BCUT2D eigenvalue weighted by Gasteiger charge is 2.60. The maximum Gasteiger partial charge on any atom is 0.458 e. The standard InChI is InChI=1S/C16H13F5O2/c1-3-23-14(22)11(2)13(15(17,18)16(19,20)21)10-9-12-7-5-4-6-8-12/h4-8H,3H2,1-2H3/b13-11-. The quantitative estimate of drug-likeness (QED) is 0.360. The monoisotopic (exact) mass is 332 g/mol. The first-order valence-corrected chi connectivity index (χ1v) is 6.51. The lowest BCUT2D eigenvalue weighted by atomic mass is 10.0. The van der Waals surface area contributed by atoms with Gasteiger partial charge in [-0.2, -0.15) is 22.0 Å². The summed E-state index contributed by atoms with van der Waals surface area (Å²) in [6.07, 6.45) is -5.87. The van der Waals surface area contributed by atoms with Crippen LogP contribution in [0.1, 0.15) is 19.4 Å². The molecule has 0 heterocycles. The minimum Gasteiger partial charge on any atom is -0.463 e. The zero-order chi connectivity index (χ0) is 17.7. The number of hydrogen-bond donors (Lipinski definition) is 0. The van der Waals surface area contributed by atoms with Crippen LogP contribution in [0.2, 0.25) is 0 Å². The van der Waals surface area contributed by atoms with Crippen molar-refractivity contribution in [3.05, 3.63) is 47.0 Å². The first-order valence-electron chi connectivity index (χ1n) is 6.51. The lowest BCUT2D eigenvalue weighted by Gasteiger charge is -2.21.